The first kappa shape index (κ1) is 15.0. The molecule has 0 aliphatic heterocycles. The van der Waals surface area contributed by atoms with Crippen LogP contribution < -0.4 is 0 Å². The van der Waals surface area contributed by atoms with Gasteiger partial charge in [0.1, 0.15) is 5.60 Å². The topological polar surface area (TPSA) is 63.6 Å². The second kappa shape index (κ2) is 4.64. The maximum absolute atomic E-state index is 13.0. The normalized spacial score (nSPS) is 53.5. The van der Waals surface area contributed by atoms with Crippen LogP contribution in [0.5, 0.6) is 0 Å². The average molecular weight is 330 g/mol. The highest BCUT2D eigenvalue weighted by molar-refractivity contribution is 5.83. The van der Waals surface area contributed by atoms with Crippen LogP contribution in [0.25, 0.3) is 0 Å². The zero-order chi connectivity index (χ0) is 16.7. The molecule has 24 heavy (non-hydrogen) atoms. The largest absolute Gasteiger partial charge is 0.481 e. The first-order chi connectivity index (χ1) is 11.4. The van der Waals surface area contributed by atoms with Crippen molar-refractivity contribution >= 4 is 11.9 Å². The third-order valence-corrected chi connectivity index (χ3v) is 7.63. The maximum Gasteiger partial charge on any atom is 0.310 e. The summed E-state index contributed by atoms with van der Waals surface area (Å²) in [6.45, 7) is 2.35. The average Bonchev–Trinajstić information content (AvgIpc) is 3.04. The smallest absolute Gasteiger partial charge is 0.310 e. The van der Waals surface area contributed by atoms with Gasteiger partial charge in [-0.25, -0.2) is 0 Å². The number of hydrogen-bond donors (Lipinski definition) is 1. The lowest BCUT2D eigenvalue weighted by molar-refractivity contribution is -0.205. The van der Waals surface area contributed by atoms with Gasteiger partial charge in [0.05, 0.1) is 11.8 Å². The van der Waals surface area contributed by atoms with E-state index < -0.39 is 17.8 Å². The molecule has 0 spiro atoms. The highest BCUT2D eigenvalue weighted by atomic mass is 16.6. The number of carboxylic acid groups (broad SMARTS) is 1. The van der Waals surface area contributed by atoms with Gasteiger partial charge in [0, 0.05) is 0 Å². The van der Waals surface area contributed by atoms with Crippen molar-refractivity contribution in [3.63, 3.8) is 0 Å². The molecule has 6 unspecified atom stereocenters. The van der Waals surface area contributed by atoms with E-state index in [0.29, 0.717) is 17.3 Å². The molecule has 4 heteroatoms. The number of aliphatic carboxylic acids is 1. The highest BCUT2D eigenvalue weighted by Crippen LogP contribution is 2.63. The summed E-state index contributed by atoms with van der Waals surface area (Å²) in [7, 11) is 0. The molecule has 0 amide bonds. The number of esters is 1. The van der Waals surface area contributed by atoms with Crippen molar-refractivity contribution in [3.05, 3.63) is 12.2 Å². The Morgan fingerprint density at radius 2 is 1.62 bits per heavy atom. The minimum atomic E-state index is -0.841. The molecule has 5 fully saturated rings. The molecule has 0 aromatic heterocycles. The van der Waals surface area contributed by atoms with Crippen LogP contribution in [0.1, 0.15) is 51.9 Å². The number of carbonyl (C=O) groups is 2. The third-order valence-electron chi connectivity index (χ3n) is 7.63. The van der Waals surface area contributed by atoms with E-state index in [9.17, 15) is 14.7 Å². The first-order valence-corrected chi connectivity index (χ1v) is 9.50. The van der Waals surface area contributed by atoms with E-state index in [1.165, 1.54) is 19.3 Å². The van der Waals surface area contributed by atoms with Gasteiger partial charge in [-0.05, 0) is 74.0 Å². The van der Waals surface area contributed by atoms with Gasteiger partial charge in [0.15, 0.2) is 0 Å². The van der Waals surface area contributed by atoms with Gasteiger partial charge in [-0.15, -0.1) is 0 Å². The SMILES string of the molecule is CC12CC3CC(C1)CC(OC(=O)C1C4C=CC(C4)C1C(=O)O)(C3)C2. The summed E-state index contributed by atoms with van der Waals surface area (Å²) >= 11 is 0. The zero-order valence-corrected chi connectivity index (χ0v) is 14.2. The monoisotopic (exact) mass is 330 g/mol. The summed E-state index contributed by atoms with van der Waals surface area (Å²) < 4.78 is 6.20. The number of fused-ring (bicyclic) bond motifs is 2. The second-order valence-corrected chi connectivity index (χ2v) is 9.71. The molecule has 0 aromatic carbocycles. The third kappa shape index (κ3) is 2.04. The van der Waals surface area contributed by atoms with Gasteiger partial charge in [-0.1, -0.05) is 19.1 Å². The van der Waals surface area contributed by atoms with Gasteiger partial charge in [-0.2, -0.15) is 0 Å². The van der Waals surface area contributed by atoms with Crippen molar-refractivity contribution in [2.75, 3.05) is 0 Å². The number of hydrogen-bond acceptors (Lipinski definition) is 3. The molecule has 6 aliphatic rings. The molecule has 0 saturated heterocycles. The fourth-order valence-electron chi connectivity index (χ4n) is 7.51. The Balaban J connectivity index is 1.39. The molecule has 6 bridgehead atoms. The molecule has 0 radical (unpaired) electrons. The van der Waals surface area contributed by atoms with E-state index in [1.54, 1.807) is 0 Å². The molecule has 130 valence electrons. The summed E-state index contributed by atoms with van der Waals surface area (Å²) in [5.74, 6) is -0.670. The van der Waals surface area contributed by atoms with Gasteiger partial charge < -0.3 is 9.84 Å². The molecule has 6 aliphatic carbocycles. The van der Waals surface area contributed by atoms with Crippen LogP contribution in [0.3, 0.4) is 0 Å². The molecule has 6 atom stereocenters. The van der Waals surface area contributed by atoms with Crippen molar-refractivity contribution in [1.29, 1.82) is 0 Å². The number of ether oxygens (including phenoxy) is 1. The molecule has 1 N–H and O–H groups in total. The Labute approximate surface area is 142 Å². The van der Waals surface area contributed by atoms with Crippen LogP contribution in [0, 0.1) is 40.9 Å². The Kier molecular flexibility index (Phi) is 2.90. The van der Waals surface area contributed by atoms with Crippen molar-refractivity contribution in [3.8, 4) is 0 Å². The molecule has 6 rings (SSSR count). The van der Waals surface area contributed by atoms with Crippen molar-refractivity contribution < 1.29 is 19.4 Å². The Hall–Kier alpha value is -1.32. The lowest BCUT2D eigenvalue weighted by Gasteiger charge is -2.60. The molecular formula is C20H26O4. The summed E-state index contributed by atoms with van der Waals surface area (Å²) in [6, 6.07) is 0. The van der Waals surface area contributed by atoms with E-state index in [-0.39, 0.29) is 23.4 Å². The van der Waals surface area contributed by atoms with Crippen molar-refractivity contribution in [1.82, 2.24) is 0 Å². The zero-order valence-electron chi connectivity index (χ0n) is 14.2. The maximum atomic E-state index is 13.0. The Morgan fingerprint density at radius 1 is 1.00 bits per heavy atom. The van der Waals surface area contributed by atoms with E-state index in [4.69, 9.17) is 4.74 Å². The van der Waals surface area contributed by atoms with Crippen LogP contribution in [0.4, 0.5) is 0 Å². The van der Waals surface area contributed by atoms with Crippen LogP contribution >= 0.6 is 0 Å². The summed E-state index contributed by atoms with van der Waals surface area (Å²) in [4.78, 5) is 24.7. The van der Waals surface area contributed by atoms with Gasteiger partial charge >= 0.3 is 11.9 Å². The van der Waals surface area contributed by atoms with Gasteiger partial charge in [-0.3, -0.25) is 9.59 Å². The predicted molar refractivity (Wildman–Crippen MR) is 87.0 cm³/mol. The molecular weight excluding hydrogens is 304 g/mol. The summed E-state index contributed by atoms with van der Waals surface area (Å²) in [5.41, 5.74) is 0.0235. The minimum Gasteiger partial charge on any atom is -0.481 e. The Bertz CT molecular complexity index is 622. The standard InChI is InChI=1S/C20H26O4/c1-19-6-11-4-12(7-19)9-20(8-11,10-19)24-18(23)16-14-3-2-13(5-14)15(16)17(21)22/h2-3,11-16H,4-10H2,1H3,(H,21,22). The number of carbonyl (C=O) groups excluding carboxylic acids is 1. The fourth-order valence-corrected chi connectivity index (χ4v) is 7.51. The quantitative estimate of drug-likeness (QED) is 0.636. The first-order valence-electron chi connectivity index (χ1n) is 9.50. The Morgan fingerprint density at radius 3 is 2.21 bits per heavy atom. The van der Waals surface area contributed by atoms with Crippen molar-refractivity contribution in [2.45, 2.75) is 57.5 Å². The fraction of sp³-hybridized carbons (Fsp3) is 0.800. The van der Waals surface area contributed by atoms with E-state index in [2.05, 4.69) is 6.92 Å². The molecule has 5 saturated carbocycles. The van der Waals surface area contributed by atoms with E-state index in [0.717, 1.165) is 25.7 Å². The summed E-state index contributed by atoms with van der Waals surface area (Å²) in [5, 5.41) is 9.58. The van der Waals surface area contributed by atoms with Crippen molar-refractivity contribution in [2.24, 2.45) is 40.9 Å². The molecule has 0 aromatic rings. The number of rotatable bonds is 3. The highest BCUT2D eigenvalue weighted by Gasteiger charge is 2.59. The predicted octanol–water partition coefficient (Wildman–Crippen LogP) is 3.41. The van der Waals surface area contributed by atoms with E-state index >= 15 is 0 Å². The van der Waals surface area contributed by atoms with Crippen LogP contribution in [-0.2, 0) is 14.3 Å². The van der Waals surface area contributed by atoms with E-state index in [1.807, 2.05) is 12.2 Å². The van der Waals surface area contributed by atoms with Crippen LogP contribution in [-0.4, -0.2) is 22.6 Å². The number of allylic oxidation sites excluding steroid dienone is 2. The second-order valence-electron chi connectivity index (χ2n) is 9.71. The molecule has 0 heterocycles. The van der Waals surface area contributed by atoms with Crippen LogP contribution in [0.2, 0.25) is 0 Å². The summed E-state index contributed by atoms with van der Waals surface area (Å²) in [6.07, 6.45) is 11.6. The van der Waals surface area contributed by atoms with Gasteiger partial charge in [0.2, 0.25) is 0 Å². The lowest BCUT2D eigenvalue weighted by atomic mass is 9.48. The number of carboxylic acids is 1. The minimum absolute atomic E-state index is 0.0129. The lowest BCUT2D eigenvalue weighted by Crippen LogP contribution is -2.57. The van der Waals surface area contributed by atoms with Gasteiger partial charge in [0.25, 0.3) is 0 Å². The van der Waals surface area contributed by atoms with Crippen LogP contribution in [0.15, 0.2) is 12.2 Å². The molecule has 4 nitrogen and oxygen atoms in total.